The van der Waals surface area contributed by atoms with Gasteiger partial charge < -0.3 is 10.2 Å². The van der Waals surface area contributed by atoms with Crippen molar-refractivity contribution in [3.05, 3.63) is 41.3 Å². The normalized spacial score (nSPS) is 10.4. The molecule has 0 spiro atoms. The second-order valence-corrected chi connectivity index (χ2v) is 5.17. The third kappa shape index (κ3) is 3.61. The van der Waals surface area contributed by atoms with Crippen LogP contribution in [-0.4, -0.2) is 24.1 Å². The molecule has 0 aliphatic carbocycles. The first-order valence-electron chi connectivity index (χ1n) is 6.67. The zero-order valence-corrected chi connectivity index (χ0v) is 12.8. The molecule has 5 heteroatoms. The average Bonchev–Trinajstić information content (AvgIpc) is 2.38. The molecule has 0 radical (unpaired) electrons. The summed E-state index contributed by atoms with van der Waals surface area (Å²) in [5, 5.41) is 3.78. The molecule has 2 aromatic rings. The Labute approximate surface area is 124 Å². The van der Waals surface area contributed by atoms with Gasteiger partial charge in [-0.2, -0.15) is 0 Å². The summed E-state index contributed by atoms with van der Waals surface area (Å²) in [6.07, 6.45) is 1.82. The largest absolute Gasteiger partial charge is 0.376 e. The zero-order chi connectivity index (χ0) is 14.5. The highest BCUT2D eigenvalue weighted by atomic mass is 35.5. The van der Waals surface area contributed by atoms with Gasteiger partial charge in [0.25, 0.3) is 0 Å². The molecule has 4 nitrogen and oxygen atoms in total. The van der Waals surface area contributed by atoms with Crippen LogP contribution in [0.5, 0.6) is 0 Å². The van der Waals surface area contributed by atoms with Crippen LogP contribution in [0, 0.1) is 0 Å². The summed E-state index contributed by atoms with van der Waals surface area (Å²) in [4.78, 5) is 10.8. The van der Waals surface area contributed by atoms with E-state index >= 15 is 0 Å². The summed E-state index contributed by atoms with van der Waals surface area (Å²) in [6.45, 7) is 2.10. The zero-order valence-electron chi connectivity index (χ0n) is 12.0. The number of hydrogen-bond acceptors (Lipinski definition) is 4. The molecule has 0 fully saturated rings. The lowest BCUT2D eigenvalue weighted by atomic mass is 10.2. The number of benzene rings is 1. The van der Waals surface area contributed by atoms with Crippen LogP contribution in [0.3, 0.4) is 0 Å². The van der Waals surface area contributed by atoms with E-state index in [0.717, 1.165) is 35.9 Å². The molecule has 0 aliphatic rings. The van der Waals surface area contributed by atoms with Crippen molar-refractivity contribution in [2.45, 2.75) is 19.8 Å². The predicted octanol–water partition coefficient (Wildman–Crippen LogP) is 3.89. The van der Waals surface area contributed by atoms with Crippen LogP contribution < -0.4 is 10.2 Å². The molecule has 0 atom stereocenters. The minimum Gasteiger partial charge on any atom is -0.376 e. The van der Waals surface area contributed by atoms with Crippen molar-refractivity contribution in [2.75, 3.05) is 24.3 Å². The fourth-order valence-corrected chi connectivity index (χ4v) is 2.17. The van der Waals surface area contributed by atoms with Gasteiger partial charge in [-0.15, -0.1) is 0 Å². The summed E-state index contributed by atoms with van der Waals surface area (Å²) in [7, 11) is 4.02. The minimum atomic E-state index is 0.466. The number of nitrogens with one attached hydrogen (secondary N) is 1. The Morgan fingerprint density at radius 2 is 1.95 bits per heavy atom. The Morgan fingerprint density at radius 3 is 2.65 bits per heavy atom. The molecule has 0 saturated carbocycles. The summed E-state index contributed by atoms with van der Waals surface area (Å²) >= 11 is 6.05. The highest BCUT2D eigenvalue weighted by molar-refractivity contribution is 6.29. The molecule has 20 heavy (non-hydrogen) atoms. The van der Waals surface area contributed by atoms with E-state index in [2.05, 4.69) is 33.2 Å². The SMILES string of the molecule is CCCc1nc(Cl)cc(Nc2ccccc2N(C)C)n1. The third-order valence-electron chi connectivity index (χ3n) is 2.86. The van der Waals surface area contributed by atoms with Crippen molar-refractivity contribution in [2.24, 2.45) is 0 Å². The van der Waals surface area contributed by atoms with Crippen LogP contribution in [0.1, 0.15) is 19.2 Å². The molecule has 1 aromatic carbocycles. The maximum absolute atomic E-state index is 6.05. The molecular weight excluding hydrogens is 272 g/mol. The molecule has 0 aliphatic heterocycles. The van der Waals surface area contributed by atoms with Crippen LogP contribution in [0.25, 0.3) is 0 Å². The Hall–Kier alpha value is -1.81. The number of halogens is 1. The van der Waals surface area contributed by atoms with E-state index in [1.165, 1.54) is 0 Å². The average molecular weight is 291 g/mol. The molecule has 1 heterocycles. The van der Waals surface area contributed by atoms with Gasteiger partial charge in [0, 0.05) is 26.6 Å². The van der Waals surface area contributed by atoms with Gasteiger partial charge >= 0.3 is 0 Å². The van der Waals surface area contributed by atoms with E-state index in [1.54, 1.807) is 6.07 Å². The molecular formula is C15H19ClN4. The topological polar surface area (TPSA) is 41.1 Å². The smallest absolute Gasteiger partial charge is 0.135 e. The van der Waals surface area contributed by atoms with E-state index in [9.17, 15) is 0 Å². The van der Waals surface area contributed by atoms with Crippen molar-refractivity contribution in [1.29, 1.82) is 0 Å². The lowest BCUT2D eigenvalue weighted by Crippen LogP contribution is -2.11. The summed E-state index contributed by atoms with van der Waals surface area (Å²) < 4.78 is 0. The number of hydrogen-bond donors (Lipinski definition) is 1. The lowest BCUT2D eigenvalue weighted by molar-refractivity contribution is 0.837. The van der Waals surface area contributed by atoms with Crippen molar-refractivity contribution in [3.8, 4) is 0 Å². The van der Waals surface area contributed by atoms with Crippen LogP contribution in [-0.2, 0) is 6.42 Å². The number of aromatic nitrogens is 2. The Balaban J connectivity index is 2.30. The van der Waals surface area contributed by atoms with Gasteiger partial charge in [0.2, 0.25) is 0 Å². The lowest BCUT2D eigenvalue weighted by Gasteiger charge is -2.18. The Kier molecular flexibility index (Phi) is 4.79. The maximum atomic E-state index is 6.05. The van der Waals surface area contributed by atoms with Gasteiger partial charge in [-0.3, -0.25) is 0 Å². The van der Waals surface area contributed by atoms with Crippen molar-refractivity contribution in [3.63, 3.8) is 0 Å². The predicted molar refractivity (Wildman–Crippen MR) is 85.1 cm³/mol. The van der Waals surface area contributed by atoms with Crippen LogP contribution in [0.2, 0.25) is 5.15 Å². The number of aryl methyl sites for hydroxylation is 1. The third-order valence-corrected chi connectivity index (χ3v) is 3.06. The highest BCUT2D eigenvalue weighted by Gasteiger charge is 2.07. The fraction of sp³-hybridized carbons (Fsp3) is 0.333. The van der Waals surface area contributed by atoms with E-state index in [4.69, 9.17) is 11.6 Å². The minimum absolute atomic E-state index is 0.466. The van der Waals surface area contributed by atoms with Gasteiger partial charge in [0.15, 0.2) is 0 Å². The molecule has 0 unspecified atom stereocenters. The number of para-hydroxylation sites is 2. The molecule has 0 saturated heterocycles. The van der Waals surface area contributed by atoms with E-state index < -0.39 is 0 Å². The van der Waals surface area contributed by atoms with Gasteiger partial charge in [-0.05, 0) is 18.6 Å². The number of rotatable bonds is 5. The Bertz CT molecular complexity index is 584. The quantitative estimate of drug-likeness (QED) is 0.848. The molecule has 1 aromatic heterocycles. The first kappa shape index (κ1) is 14.6. The van der Waals surface area contributed by atoms with Gasteiger partial charge in [-0.25, -0.2) is 9.97 Å². The van der Waals surface area contributed by atoms with E-state index in [-0.39, 0.29) is 0 Å². The standard InChI is InChI=1S/C15H19ClN4/c1-4-7-14-18-13(16)10-15(19-14)17-11-8-5-6-9-12(11)20(2)3/h5-6,8-10H,4,7H2,1-3H3,(H,17,18,19). The van der Waals surface area contributed by atoms with Crippen molar-refractivity contribution in [1.82, 2.24) is 9.97 Å². The fourth-order valence-electron chi connectivity index (χ4n) is 1.97. The van der Waals surface area contributed by atoms with Crippen LogP contribution >= 0.6 is 11.6 Å². The summed E-state index contributed by atoms with van der Waals surface area (Å²) in [5.74, 6) is 1.49. The molecule has 0 bridgehead atoms. The number of anilines is 3. The summed E-state index contributed by atoms with van der Waals surface area (Å²) in [6, 6.07) is 9.82. The first-order chi connectivity index (χ1) is 9.60. The number of nitrogens with zero attached hydrogens (tertiary/aromatic N) is 3. The van der Waals surface area contributed by atoms with Crippen LogP contribution in [0.4, 0.5) is 17.2 Å². The first-order valence-corrected chi connectivity index (χ1v) is 7.04. The highest BCUT2D eigenvalue weighted by Crippen LogP contribution is 2.27. The monoisotopic (exact) mass is 290 g/mol. The Morgan fingerprint density at radius 1 is 1.20 bits per heavy atom. The molecule has 0 amide bonds. The second-order valence-electron chi connectivity index (χ2n) is 4.78. The van der Waals surface area contributed by atoms with Crippen LogP contribution in [0.15, 0.2) is 30.3 Å². The maximum Gasteiger partial charge on any atom is 0.135 e. The van der Waals surface area contributed by atoms with Gasteiger partial charge in [0.1, 0.15) is 16.8 Å². The van der Waals surface area contributed by atoms with E-state index in [1.807, 2.05) is 32.3 Å². The van der Waals surface area contributed by atoms with E-state index in [0.29, 0.717) is 5.15 Å². The van der Waals surface area contributed by atoms with Gasteiger partial charge in [0.05, 0.1) is 11.4 Å². The van der Waals surface area contributed by atoms with Crippen molar-refractivity contribution >= 4 is 28.8 Å². The molecule has 106 valence electrons. The van der Waals surface area contributed by atoms with Crippen molar-refractivity contribution < 1.29 is 0 Å². The van der Waals surface area contributed by atoms with Gasteiger partial charge in [-0.1, -0.05) is 30.7 Å². The second kappa shape index (κ2) is 6.57. The molecule has 1 N–H and O–H groups in total. The summed E-state index contributed by atoms with van der Waals surface area (Å²) in [5.41, 5.74) is 2.09. The molecule has 2 rings (SSSR count).